The molecule has 21 heavy (non-hydrogen) atoms. The van der Waals surface area contributed by atoms with E-state index in [2.05, 4.69) is 14.8 Å². The Morgan fingerprint density at radius 3 is 2.10 bits per heavy atom. The number of primary amides is 1. The van der Waals surface area contributed by atoms with Gasteiger partial charge in [-0.05, 0) is 24.3 Å². The van der Waals surface area contributed by atoms with Crippen molar-refractivity contribution in [2.45, 2.75) is 18.8 Å². The number of urea groups is 1. The van der Waals surface area contributed by atoms with Crippen molar-refractivity contribution in [1.29, 1.82) is 0 Å². The van der Waals surface area contributed by atoms with E-state index in [0.717, 1.165) is 24.3 Å². The lowest BCUT2D eigenvalue weighted by Crippen LogP contribution is -2.41. The lowest BCUT2D eigenvalue weighted by atomic mass is 10.3. The van der Waals surface area contributed by atoms with E-state index >= 15 is 0 Å². The molecular weight excluding hydrogens is 310 g/mol. The third-order valence-electron chi connectivity index (χ3n) is 1.88. The fourth-order valence-corrected chi connectivity index (χ4v) is 1.14. The molecule has 0 aliphatic heterocycles. The van der Waals surface area contributed by atoms with Gasteiger partial charge in [-0.15, -0.1) is 13.2 Å². The second-order valence-electron chi connectivity index (χ2n) is 3.56. The Balaban J connectivity index is 2.72. The number of ether oxygens (including phenoxy) is 2. The molecule has 1 aromatic rings. The summed E-state index contributed by atoms with van der Waals surface area (Å²) in [5.41, 5.74) is 4.90. The minimum atomic E-state index is -5.58. The van der Waals surface area contributed by atoms with Gasteiger partial charge in [-0.3, -0.25) is 0 Å². The van der Waals surface area contributed by atoms with E-state index in [4.69, 9.17) is 5.73 Å². The van der Waals surface area contributed by atoms with Crippen LogP contribution in [0.25, 0.3) is 0 Å². The van der Waals surface area contributed by atoms with E-state index in [1.54, 1.807) is 0 Å². The largest absolute Gasteiger partial charge is 0.525 e. The summed E-state index contributed by atoms with van der Waals surface area (Å²) in [6, 6.07) is 2.93. The van der Waals surface area contributed by atoms with Gasteiger partial charge in [-0.25, -0.2) is 13.9 Å². The van der Waals surface area contributed by atoms with Gasteiger partial charge in [0.25, 0.3) is 0 Å². The van der Waals surface area contributed by atoms with E-state index in [0.29, 0.717) is 0 Å². The fourth-order valence-electron chi connectivity index (χ4n) is 1.14. The number of nitrogens with two attached hydrogens (primary N) is 1. The van der Waals surface area contributed by atoms with Gasteiger partial charge >= 0.3 is 24.9 Å². The molecule has 0 radical (unpaired) electrons. The van der Waals surface area contributed by atoms with Crippen LogP contribution < -0.4 is 15.8 Å². The van der Waals surface area contributed by atoms with Crippen LogP contribution in [-0.2, 0) is 4.74 Å². The van der Waals surface area contributed by atoms with Crippen molar-refractivity contribution in [3.05, 3.63) is 24.3 Å². The quantitative estimate of drug-likeness (QED) is 0.820. The number of nitrogens with one attached hydrogen (secondary N) is 1. The molecule has 0 fully saturated rings. The third kappa shape index (κ3) is 5.77. The Morgan fingerprint density at radius 2 is 1.67 bits per heavy atom. The fraction of sp³-hybridized carbons (Fsp3) is 0.300. The third-order valence-corrected chi connectivity index (χ3v) is 1.88. The van der Waals surface area contributed by atoms with Crippen LogP contribution in [-0.4, -0.2) is 24.9 Å². The maximum Gasteiger partial charge on any atom is 0.525 e. The van der Waals surface area contributed by atoms with Gasteiger partial charge in [0.15, 0.2) is 0 Å². The molecule has 0 heterocycles. The highest BCUT2D eigenvalue weighted by molar-refractivity contribution is 5.87. The van der Waals surface area contributed by atoms with Crippen molar-refractivity contribution in [3.8, 4) is 5.75 Å². The number of alkyl halides is 6. The van der Waals surface area contributed by atoms with Gasteiger partial charge in [0.1, 0.15) is 5.75 Å². The summed E-state index contributed by atoms with van der Waals surface area (Å²) < 4.78 is 80.1. The minimum absolute atomic E-state index is 0.113. The first-order chi connectivity index (χ1) is 9.49. The molecule has 1 rings (SSSR count). The Labute approximate surface area is 113 Å². The minimum Gasteiger partial charge on any atom is -0.429 e. The number of carbonyl (C=O) groups is 1. The number of benzene rings is 1. The second-order valence-corrected chi connectivity index (χ2v) is 3.56. The molecule has 0 aliphatic carbocycles. The predicted octanol–water partition coefficient (Wildman–Crippen LogP) is 2.98. The summed E-state index contributed by atoms with van der Waals surface area (Å²) in [5.74, 6) is -0.650. The summed E-state index contributed by atoms with van der Waals surface area (Å²) in [4.78, 5) is 10.5. The normalized spacial score (nSPS) is 13.6. The molecular formula is C10H8F6N2O3. The van der Waals surface area contributed by atoms with Crippen LogP contribution in [0.1, 0.15) is 0 Å². The number of amides is 2. The number of rotatable bonds is 5. The molecule has 0 saturated heterocycles. The number of carbonyl (C=O) groups excluding carboxylic acids is 1. The highest BCUT2D eigenvalue weighted by Gasteiger charge is 2.50. The van der Waals surface area contributed by atoms with Crippen LogP contribution in [0.4, 0.5) is 36.8 Å². The highest BCUT2D eigenvalue weighted by atomic mass is 19.4. The molecule has 0 spiro atoms. The molecule has 118 valence electrons. The van der Waals surface area contributed by atoms with Gasteiger partial charge in [0, 0.05) is 5.69 Å². The van der Waals surface area contributed by atoms with Crippen LogP contribution in [0, 0.1) is 0 Å². The van der Waals surface area contributed by atoms with E-state index in [1.165, 1.54) is 0 Å². The molecule has 1 unspecified atom stereocenters. The predicted molar refractivity (Wildman–Crippen MR) is 57.3 cm³/mol. The zero-order valence-electron chi connectivity index (χ0n) is 9.96. The van der Waals surface area contributed by atoms with Gasteiger partial charge in [0.05, 0.1) is 0 Å². The zero-order valence-corrected chi connectivity index (χ0v) is 9.96. The van der Waals surface area contributed by atoms with E-state index in [1.807, 2.05) is 0 Å². The average Bonchev–Trinajstić information content (AvgIpc) is 2.28. The first-order valence-electron chi connectivity index (χ1n) is 5.11. The van der Waals surface area contributed by atoms with Crippen molar-refractivity contribution in [2.75, 3.05) is 5.32 Å². The monoisotopic (exact) mass is 318 g/mol. The van der Waals surface area contributed by atoms with Gasteiger partial charge in [0.2, 0.25) is 0 Å². The summed E-state index contributed by atoms with van der Waals surface area (Å²) in [7, 11) is 0. The van der Waals surface area contributed by atoms with E-state index in [9.17, 15) is 31.1 Å². The van der Waals surface area contributed by atoms with Crippen molar-refractivity contribution in [2.24, 2.45) is 5.73 Å². The average molecular weight is 318 g/mol. The van der Waals surface area contributed by atoms with Crippen LogP contribution in [0.5, 0.6) is 5.75 Å². The number of halogens is 6. The van der Waals surface area contributed by atoms with Crippen molar-refractivity contribution >= 4 is 11.7 Å². The van der Waals surface area contributed by atoms with Gasteiger partial charge < -0.3 is 15.8 Å². The van der Waals surface area contributed by atoms with Gasteiger partial charge in [-0.2, -0.15) is 8.78 Å². The van der Waals surface area contributed by atoms with Crippen LogP contribution in [0.3, 0.4) is 0 Å². The Kier molecular flexibility index (Phi) is 4.88. The Bertz CT molecular complexity index is 491. The van der Waals surface area contributed by atoms with Crippen LogP contribution >= 0.6 is 0 Å². The Morgan fingerprint density at radius 1 is 1.14 bits per heavy atom. The lowest BCUT2D eigenvalue weighted by Gasteiger charge is -2.22. The molecule has 0 bridgehead atoms. The zero-order chi connectivity index (χ0) is 16.3. The molecule has 0 saturated carbocycles. The molecule has 2 amide bonds. The van der Waals surface area contributed by atoms with Crippen LogP contribution in [0.2, 0.25) is 0 Å². The van der Waals surface area contributed by atoms with Gasteiger partial charge in [-0.1, -0.05) is 0 Å². The lowest BCUT2D eigenvalue weighted by molar-refractivity contribution is -0.411. The molecule has 0 aliphatic rings. The maximum atomic E-state index is 13.0. The van der Waals surface area contributed by atoms with Crippen molar-refractivity contribution in [1.82, 2.24) is 0 Å². The second kappa shape index (κ2) is 6.08. The standard InChI is InChI=1S/C10H8F6N2O3/c11-7(21-10(14,15)16)9(12,13)20-6-3-1-5(2-4-6)18-8(17)19/h1-4,7H,(H3,17,18,19). The van der Waals surface area contributed by atoms with Crippen molar-refractivity contribution < 1.29 is 40.6 Å². The SMILES string of the molecule is NC(=O)Nc1ccc(OC(F)(F)C(F)OC(F)(F)F)cc1. The molecule has 0 aromatic heterocycles. The first kappa shape index (κ1) is 16.9. The number of hydrogen-bond acceptors (Lipinski definition) is 3. The Hall–Kier alpha value is -2.17. The maximum absolute atomic E-state index is 13.0. The highest BCUT2D eigenvalue weighted by Crippen LogP contribution is 2.32. The summed E-state index contributed by atoms with van der Waals surface area (Å²) in [5, 5.41) is 2.10. The number of hydrogen-bond donors (Lipinski definition) is 2. The number of anilines is 1. The molecule has 1 atom stereocenters. The summed E-state index contributed by atoms with van der Waals surface area (Å²) >= 11 is 0. The van der Waals surface area contributed by atoms with E-state index < -0.39 is 30.6 Å². The van der Waals surface area contributed by atoms with Crippen LogP contribution in [0.15, 0.2) is 24.3 Å². The smallest absolute Gasteiger partial charge is 0.429 e. The molecule has 11 heteroatoms. The molecule has 3 N–H and O–H groups in total. The summed E-state index contributed by atoms with van der Waals surface area (Å²) in [6.07, 6.45) is -14.5. The first-order valence-corrected chi connectivity index (χ1v) is 5.11. The topological polar surface area (TPSA) is 73.6 Å². The molecule has 5 nitrogen and oxygen atoms in total. The summed E-state index contributed by atoms with van der Waals surface area (Å²) in [6.45, 7) is 0. The van der Waals surface area contributed by atoms with E-state index in [-0.39, 0.29) is 5.69 Å². The van der Waals surface area contributed by atoms with Crippen molar-refractivity contribution in [3.63, 3.8) is 0 Å². The molecule has 1 aromatic carbocycles.